The van der Waals surface area contributed by atoms with Crippen LogP contribution in [0.2, 0.25) is 0 Å². The normalized spacial score (nSPS) is 8.83. The van der Waals surface area contributed by atoms with Gasteiger partial charge >= 0.3 is 12.1 Å². The van der Waals surface area contributed by atoms with Gasteiger partial charge in [0.25, 0.3) is 0 Å². The molecule has 0 radical (unpaired) electrons. The molecule has 5 nitrogen and oxygen atoms in total. The third-order valence-corrected chi connectivity index (χ3v) is 1.22. The van der Waals surface area contributed by atoms with Gasteiger partial charge < -0.3 is 10.1 Å². The Balaban J connectivity index is 3.40. The highest BCUT2D eigenvalue weighted by Gasteiger charge is 2.04. The minimum absolute atomic E-state index is 0.518. The van der Waals surface area contributed by atoms with Crippen molar-refractivity contribution in [3.8, 4) is 0 Å². The van der Waals surface area contributed by atoms with E-state index in [2.05, 4.69) is 10.1 Å². The fourth-order valence-corrected chi connectivity index (χ4v) is 0.567. The van der Waals surface area contributed by atoms with Crippen LogP contribution in [-0.4, -0.2) is 25.8 Å². The topological polar surface area (TPSA) is 67.4 Å². The largest absolute Gasteiger partial charge is 0.453 e. The van der Waals surface area contributed by atoms with Crippen LogP contribution >= 0.6 is 0 Å². The van der Waals surface area contributed by atoms with Gasteiger partial charge in [-0.3, -0.25) is 0 Å². The molecule has 0 fully saturated rings. The van der Waals surface area contributed by atoms with E-state index in [1.165, 1.54) is 7.11 Å². The summed E-state index contributed by atoms with van der Waals surface area (Å²) in [4.78, 5) is 21.2. The second kappa shape index (κ2) is 6.45. The van der Waals surface area contributed by atoms with Crippen molar-refractivity contribution in [1.82, 2.24) is 10.6 Å². The maximum atomic E-state index is 10.8. The first kappa shape index (κ1) is 10.7. The number of methoxy groups -OCH3 is 1. The Kier molecular flexibility index (Phi) is 5.77. The van der Waals surface area contributed by atoms with Gasteiger partial charge in [0.15, 0.2) is 0 Å². The number of carbonyl (C=O) groups is 2. The molecule has 0 saturated carbocycles. The number of unbranched alkanes of at least 4 members (excludes halogenated alkanes) is 1. The zero-order chi connectivity index (χ0) is 9.40. The number of ether oxygens (including phenoxy) is 1. The third-order valence-electron chi connectivity index (χ3n) is 1.22. The molecule has 0 rings (SSSR count). The van der Waals surface area contributed by atoms with Crippen LogP contribution in [0.15, 0.2) is 0 Å². The van der Waals surface area contributed by atoms with Gasteiger partial charge in [-0.15, -0.1) is 0 Å². The Hall–Kier alpha value is -1.26. The molecule has 0 saturated heterocycles. The van der Waals surface area contributed by atoms with Gasteiger partial charge in [0.1, 0.15) is 0 Å². The van der Waals surface area contributed by atoms with Gasteiger partial charge in [-0.25, -0.2) is 14.9 Å². The lowest BCUT2D eigenvalue weighted by atomic mass is 10.3. The van der Waals surface area contributed by atoms with Crippen LogP contribution < -0.4 is 10.6 Å². The van der Waals surface area contributed by atoms with Gasteiger partial charge in [0.05, 0.1) is 7.11 Å². The molecular formula is C7H14N2O3. The summed E-state index contributed by atoms with van der Waals surface area (Å²) in [5.41, 5.74) is 0. The minimum Gasteiger partial charge on any atom is -0.453 e. The Morgan fingerprint density at radius 3 is 2.58 bits per heavy atom. The van der Waals surface area contributed by atoms with Crippen LogP contribution in [0.4, 0.5) is 9.59 Å². The molecule has 0 spiro atoms. The number of imide groups is 1. The van der Waals surface area contributed by atoms with E-state index in [1.54, 1.807) is 0 Å². The molecule has 5 heteroatoms. The minimum atomic E-state index is -0.746. The molecule has 0 unspecified atom stereocenters. The molecule has 0 aromatic heterocycles. The second-order valence-electron chi connectivity index (χ2n) is 2.23. The molecule has 12 heavy (non-hydrogen) atoms. The highest BCUT2D eigenvalue weighted by Crippen LogP contribution is 1.82. The van der Waals surface area contributed by atoms with Crippen LogP contribution in [0.1, 0.15) is 19.8 Å². The lowest BCUT2D eigenvalue weighted by molar-refractivity contribution is 0.170. The predicted octanol–water partition coefficient (Wildman–Crippen LogP) is 0.852. The Bertz CT molecular complexity index is 159. The first-order chi connectivity index (χ1) is 5.70. The number of alkyl carbamates (subject to hydrolysis) is 1. The van der Waals surface area contributed by atoms with Gasteiger partial charge in [0.2, 0.25) is 0 Å². The van der Waals surface area contributed by atoms with Gasteiger partial charge in [-0.2, -0.15) is 0 Å². The summed E-state index contributed by atoms with van der Waals surface area (Å²) in [6, 6.07) is -0.518. The van der Waals surface area contributed by atoms with E-state index in [0.717, 1.165) is 12.8 Å². The van der Waals surface area contributed by atoms with Crippen LogP contribution in [0.5, 0.6) is 0 Å². The van der Waals surface area contributed by atoms with Crippen LogP contribution in [-0.2, 0) is 4.74 Å². The van der Waals surface area contributed by atoms with Crippen molar-refractivity contribution in [2.75, 3.05) is 13.7 Å². The monoisotopic (exact) mass is 174 g/mol. The number of rotatable bonds is 3. The smallest absolute Gasteiger partial charge is 0.415 e. The second-order valence-corrected chi connectivity index (χ2v) is 2.23. The number of nitrogens with one attached hydrogen (secondary N) is 2. The van der Waals surface area contributed by atoms with Crippen molar-refractivity contribution in [3.05, 3.63) is 0 Å². The van der Waals surface area contributed by atoms with Crippen molar-refractivity contribution in [2.45, 2.75) is 19.8 Å². The first-order valence-electron chi connectivity index (χ1n) is 3.83. The number of carbonyl (C=O) groups excluding carboxylic acids is 2. The fraction of sp³-hybridized carbons (Fsp3) is 0.714. The predicted molar refractivity (Wildman–Crippen MR) is 43.8 cm³/mol. The average molecular weight is 174 g/mol. The standard InChI is InChI=1S/C7H14N2O3/c1-3-4-5-8-6(10)9-7(11)12-2/h3-5H2,1-2H3,(H2,8,9,10,11). The zero-order valence-electron chi connectivity index (χ0n) is 7.35. The molecule has 0 aliphatic heterocycles. The van der Waals surface area contributed by atoms with Gasteiger partial charge in [-0.05, 0) is 6.42 Å². The number of amides is 3. The highest BCUT2D eigenvalue weighted by molar-refractivity contribution is 5.90. The fourth-order valence-electron chi connectivity index (χ4n) is 0.567. The van der Waals surface area contributed by atoms with Gasteiger partial charge in [0, 0.05) is 6.54 Å². The van der Waals surface area contributed by atoms with E-state index >= 15 is 0 Å². The van der Waals surface area contributed by atoms with Crippen molar-refractivity contribution in [1.29, 1.82) is 0 Å². The van der Waals surface area contributed by atoms with Crippen molar-refractivity contribution in [3.63, 3.8) is 0 Å². The summed E-state index contributed by atoms with van der Waals surface area (Å²) in [6.45, 7) is 2.58. The maximum absolute atomic E-state index is 10.8. The van der Waals surface area contributed by atoms with Crippen molar-refractivity contribution < 1.29 is 14.3 Å². The van der Waals surface area contributed by atoms with E-state index in [4.69, 9.17) is 0 Å². The molecule has 0 bridgehead atoms. The molecule has 0 aromatic carbocycles. The van der Waals surface area contributed by atoms with Crippen molar-refractivity contribution >= 4 is 12.1 Å². The molecule has 0 atom stereocenters. The maximum Gasteiger partial charge on any atom is 0.415 e. The molecule has 3 amide bonds. The highest BCUT2D eigenvalue weighted by atomic mass is 16.5. The van der Waals surface area contributed by atoms with E-state index in [1.807, 2.05) is 12.2 Å². The average Bonchev–Trinajstić information content (AvgIpc) is 2.05. The quantitative estimate of drug-likeness (QED) is 0.623. The lowest BCUT2D eigenvalue weighted by Gasteiger charge is -2.03. The van der Waals surface area contributed by atoms with Crippen LogP contribution in [0.3, 0.4) is 0 Å². The van der Waals surface area contributed by atoms with E-state index < -0.39 is 12.1 Å². The number of hydrogen-bond acceptors (Lipinski definition) is 3. The van der Waals surface area contributed by atoms with Gasteiger partial charge in [-0.1, -0.05) is 13.3 Å². The lowest BCUT2D eigenvalue weighted by Crippen LogP contribution is -2.39. The van der Waals surface area contributed by atoms with Crippen LogP contribution in [0, 0.1) is 0 Å². The zero-order valence-corrected chi connectivity index (χ0v) is 7.35. The molecule has 0 aliphatic carbocycles. The summed E-state index contributed by atoms with van der Waals surface area (Å²) in [5.74, 6) is 0. The molecule has 70 valence electrons. The Labute approximate surface area is 71.5 Å². The summed E-state index contributed by atoms with van der Waals surface area (Å²) in [6.07, 6.45) is 1.15. The molecule has 0 aliphatic rings. The summed E-state index contributed by atoms with van der Waals surface area (Å²) < 4.78 is 4.22. The SMILES string of the molecule is CCCCNC(=O)NC(=O)OC. The van der Waals surface area contributed by atoms with E-state index in [0.29, 0.717) is 6.54 Å². The molecule has 0 heterocycles. The Morgan fingerprint density at radius 2 is 2.08 bits per heavy atom. The first-order valence-corrected chi connectivity index (χ1v) is 3.83. The van der Waals surface area contributed by atoms with E-state index in [-0.39, 0.29) is 0 Å². The summed E-state index contributed by atoms with van der Waals surface area (Å²) >= 11 is 0. The summed E-state index contributed by atoms with van der Waals surface area (Å²) in [5, 5.41) is 4.48. The third kappa shape index (κ3) is 5.52. The number of hydrogen-bond donors (Lipinski definition) is 2. The molecule has 2 N–H and O–H groups in total. The van der Waals surface area contributed by atoms with E-state index in [9.17, 15) is 9.59 Å². The van der Waals surface area contributed by atoms with Crippen LogP contribution in [0.25, 0.3) is 0 Å². The molecular weight excluding hydrogens is 160 g/mol. The summed E-state index contributed by atoms with van der Waals surface area (Å²) in [7, 11) is 1.20. The Morgan fingerprint density at radius 1 is 1.42 bits per heavy atom. The molecule has 0 aromatic rings. The van der Waals surface area contributed by atoms with Crippen molar-refractivity contribution in [2.24, 2.45) is 0 Å². The number of urea groups is 1.